The zero-order chi connectivity index (χ0) is 9.94. The summed E-state index contributed by atoms with van der Waals surface area (Å²) in [5.41, 5.74) is -3.04. The van der Waals surface area contributed by atoms with Crippen LogP contribution in [0.2, 0.25) is 0 Å². The van der Waals surface area contributed by atoms with Gasteiger partial charge in [0.25, 0.3) is 0 Å². The first-order valence-corrected chi connectivity index (χ1v) is 4.81. The average molecular weight is 222 g/mol. The number of aliphatic hydroxyl groups excluding tert-OH is 1. The maximum Gasteiger partial charge on any atom is 1.00 e. The second-order valence-electron chi connectivity index (χ2n) is 2.22. The van der Waals surface area contributed by atoms with Gasteiger partial charge in [-0.15, -0.1) is 0 Å². The van der Waals surface area contributed by atoms with Crippen LogP contribution in [0.25, 0.3) is 0 Å². The second kappa shape index (κ2) is 6.36. The van der Waals surface area contributed by atoms with Crippen molar-refractivity contribution in [3.63, 3.8) is 0 Å². The number of hydrogen-bond acceptors (Lipinski definition) is 6. The van der Waals surface area contributed by atoms with Gasteiger partial charge in [-0.05, 0) is 13.8 Å². The Balaban J connectivity index is -0.000000605. The van der Waals surface area contributed by atoms with Gasteiger partial charge in [-0.25, -0.2) is 8.42 Å². The van der Waals surface area contributed by atoms with Crippen LogP contribution in [0.5, 0.6) is 0 Å². The first kappa shape index (κ1) is 16.3. The molecule has 74 valence electrons. The van der Waals surface area contributed by atoms with Crippen molar-refractivity contribution >= 4 is 17.2 Å². The van der Waals surface area contributed by atoms with Gasteiger partial charge in [0.15, 0.2) is 5.44 Å². The van der Waals surface area contributed by atoms with E-state index >= 15 is 0 Å². The van der Waals surface area contributed by atoms with Crippen LogP contribution in [0.1, 0.15) is 15.3 Å². The molecule has 0 aromatic carbocycles. The average Bonchev–Trinajstić information content (AvgIpc) is 1.85. The van der Waals surface area contributed by atoms with Crippen LogP contribution < -0.4 is 29.6 Å². The Labute approximate surface area is 101 Å². The summed E-state index contributed by atoms with van der Waals surface area (Å²) in [5.74, 6) is 0. The third kappa shape index (κ3) is 5.33. The number of rotatable bonds is 4. The fourth-order valence-corrected chi connectivity index (χ4v) is 1.34. The number of aliphatic hydroxyl groups is 1. The van der Waals surface area contributed by atoms with Crippen molar-refractivity contribution < 1.29 is 59.2 Å². The van der Waals surface area contributed by atoms with Crippen molar-refractivity contribution in [2.75, 3.05) is 0 Å². The largest absolute Gasteiger partial charge is 1.00 e. The van der Waals surface area contributed by atoms with Gasteiger partial charge in [0.1, 0.15) is 5.44 Å². The van der Waals surface area contributed by atoms with Crippen LogP contribution in [0.3, 0.4) is 0 Å². The number of hydrogen-bond donors (Lipinski definition) is 3. The Morgan fingerprint density at radius 2 is 1.77 bits per heavy atom. The Morgan fingerprint density at radius 1 is 1.38 bits per heavy atom. The first-order chi connectivity index (χ1) is 5.28. The third-order valence-electron chi connectivity index (χ3n) is 1.25. The van der Waals surface area contributed by atoms with E-state index in [0.29, 0.717) is 0 Å². The molecule has 13 heavy (non-hydrogen) atoms. The molecule has 0 aliphatic heterocycles. The molecule has 6 nitrogen and oxygen atoms in total. The van der Waals surface area contributed by atoms with E-state index < -0.39 is 28.0 Å². The zero-order valence-electron chi connectivity index (χ0n) is 8.71. The fourth-order valence-electron chi connectivity index (χ4n) is 0.526. The third-order valence-corrected chi connectivity index (χ3v) is 3.24. The Kier molecular flexibility index (Phi) is 7.97. The fraction of sp³-hybridized carbons (Fsp3) is 1.00. The summed E-state index contributed by atoms with van der Waals surface area (Å²) in [7, 11) is -6.02. The Morgan fingerprint density at radius 3 is 2.00 bits per heavy atom. The van der Waals surface area contributed by atoms with Gasteiger partial charge in [0.2, 0.25) is 9.84 Å². The van der Waals surface area contributed by atoms with Crippen molar-refractivity contribution in [2.45, 2.75) is 24.7 Å². The van der Waals surface area contributed by atoms with Crippen LogP contribution in [0.4, 0.5) is 0 Å². The van der Waals surface area contributed by atoms with Crippen LogP contribution in [0.15, 0.2) is 0 Å². The minimum atomic E-state index is -3.86. The molecular formula is C4H12BNaO6S. The summed E-state index contributed by atoms with van der Waals surface area (Å²) in [4.78, 5) is 0. The Bertz CT molecular complexity index is 232. The van der Waals surface area contributed by atoms with Crippen LogP contribution in [-0.2, 0) is 14.5 Å². The van der Waals surface area contributed by atoms with Gasteiger partial charge in [-0.1, -0.05) is 0 Å². The molecule has 0 fully saturated rings. The van der Waals surface area contributed by atoms with Gasteiger partial charge in [-0.3, -0.25) is 0 Å². The van der Waals surface area contributed by atoms with E-state index in [1.807, 2.05) is 0 Å². The molecule has 0 saturated carbocycles. The van der Waals surface area contributed by atoms with Gasteiger partial charge in [0, 0.05) is 0 Å². The maximum absolute atomic E-state index is 11.0. The SMILES string of the molecule is CC(O)S(=O)(=O)C(C)OB(O)O.[H-].[Na+]. The molecule has 0 rings (SSSR count). The predicted octanol–water partition coefficient (Wildman–Crippen LogP) is -4.81. The minimum absolute atomic E-state index is 0. The summed E-state index contributed by atoms with van der Waals surface area (Å²) >= 11 is 0. The zero-order valence-corrected chi connectivity index (χ0v) is 10.5. The van der Waals surface area contributed by atoms with Gasteiger partial charge in [0.05, 0.1) is 0 Å². The topological polar surface area (TPSA) is 104 Å². The molecule has 3 N–H and O–H groups in total. The predicted molar refractivity (Wildman–Crippen MR) is 42.5 cm³/mol. The van der Waals surface area contributed by atoms with Crippen molar-refractivity contribution in [1.82, 2.24) is 0 Å². The molecule has 9 heteroatoms. The van der Waals surface area contributed by atoms with Crippen LogP contribution in [-0.4, -0.2) is 41.8 Å². The summed E-state index contributed by atoms with van der Waals surface area (Å²) < 4.78 is 26.1. The first-order valence-electron chi connectivity index (χ1n) is 3.21. The molecule has 0 spiro atoms. The number of sulfone groups is 1. The molecule has 2 unspecified atom stereocenters. The summed E-state index contributed by atoms with van der Waals surface area (Å²) in [6.45, 7) is 2.15. The van der Waals surface area contributed by atoms with E-state index in [2.05, 4.69) is 4.65 Å². The van der Waals surface area contributed by atoms with Gasteiger partial charge in [-0.2, -0.15) is 0 Å². The van der Waals surface area contributed by atoms with E-state index in [9.17, 15) is 8.42 Å². The van der Waals surface area contributed by atoms with Crippen molar-refractivity contribution in [3.8, 4) is 0 Å². The van der Waals surface area contributed by atoms with E-state index in [1.165, 1.54) is 0 Å². The summed E-state index contributed by atoms with van der Waals surface area (Å²) in [5, 5.41) is 25.2. The molecule has 2 atom stereocenters. The van der Waals surface area contributed by atoms with E-state index in [4.69, 9.17) is 15.2 Å². The van der Waals surface area contributed by atoms with Crippen molar-refractivity contribution in [2.24, 2.45) is 0 Å². The minimum Gasteiger partial charge on any atom is -1.00 e. The monoisotopic (exact) mass is 222 g/mol. The molecule has 0 heterocycles. The van der Waals surface area contributed by atoms with E-state index in [-0.39, 0.29) is 31.0 Å². The molecular weight excluding hydrogens is 210 g/mol. The van der Waals surface area contributed by atoms with E-state index in [1.54, 1.807) is 0 Å². The second-order valence-corrected chi connectivity index (χ2v) is 4.74. The Hall–Kier alpha value is 0.855. The van der Waals surface area contributed by atoms with E-state index in [0.717, 1.165) is 13.8 Å². The molecule has 0 aromatic rings. The standard InChI is InChI=1S/C4H11BO6S.Na.H/c1-3(6)12(9,10)4(2)11-5(7)8;;/h3-4,6-8H,1-2H3;;/q;+1;-1. The van der Waals surface area contributed by atoms with Crippen LogP contribution >= 0.6 is 0 Å². The van der Waals surface area contributed by atoms with Gasteiger partial charge >= 0.3 is 36.9 Å². The smallest absolute Gasteiger partial charge is 1.00 e. The summed E-state index contributed by atoms with van der Waals surface area (Å²) in [6, 6.07) is 0. The van der Waals surface area contributed by atoms with Crippen molar-refractivity contribution in [1.29, 1.82) is 0 Å². The molecule has 0 aromatic heterocycles. The molecule has 0 aliphatic rings. The quantitative estimate of drug-likeness (QED) is 0.412. The molecule has 0 saturated heterocycles. The molecule has 0 bridgehead atoms. The maximum atomic E-state index is 11.0. The van der Waals surface area contributed by atoms with Crippen LogP contribution in [0, 0.1) is 0 Å². The normalized spacial score (nSPS) is 15.8. The summed E-state index contributed by atoms with van der Waals surface area (Å²) in [6.07, 6.45) is 0. The van der Waals surface area contributed by atoms with Crippen molar-refractivity contribution in [3.05, 3.63) is 0 Å². The molecule has 0 amide bonds. The molecule has 0 radical (unpaired) electrons. The van der Waals surface area contributed by atoms with Gasteiger partial charge < -0.3 is 21.2 Å². The molecule has 0 aliphatic carbocycles.